The lowest BCUT2D eigenvalue weighted by Gasteiger charge is -2.15. The molecule has 0 saturated heterocycles. The van der Waals surface area contributed by atoms with E-state index in [1.54, 1.807) is 12.2 Å². The van der Waals surface area contributed by atoms with Gasteiger partial charge in [0.1, 0.15) is 0 Å². The molecule has 0 bridgehead atoms. The zero-order valence-corrected chi connectivity index (χ0v) is 9.06. The second-order valence-electron chi connectivity index (χ2n) is 3.99. The third kappa shape index (κ3) is 3.08. The van der Waals surface area contributed by atoms with Gasteiger partial charge >= 0.3 is 5.97 Å². The van der Waals surface area contributed by atoms with Crippen LogP contribution in [0.3, 0.4) is 0 Å². The zero-order valence-electron chi connectivity index (χ0n) is 9.06. The quantitative estimate of drug-likeness (QED) is 0.686. The lowest BCUT2D eigenvalue weighted by atomic mass is 10.1. The molecule has 2 N–H and O–H groups in total. The molecule has 1 aliphatic carbocycles. The first kappa shape index (κ1) is 11.8. The van der Waals surface area contributed by atoms with Crippen LogP contribution in [-0.4, -0.2) is 23.0 Å². The van der Waals surface area contributed by atoms with E-state index in [1.165, 1.54) is 0 Å². The first-order chi connectivity index (χ1) is 7.04. The van der Waals surface area contributed by atoms with Crippen LogP contribution in [0.5, 0.6) is 0 Å². The van der Waals surface area contributed by atoms with Gasteiger partial charge in [-0.15, -0.1) is 0 Å². The standard InChI is InChI=1S/C11H17NO3/c1-3-7(2)10(13)12-9-5-4-8(6-9)11(14)15/h4-5,7-9H,3,6H2,1-2H3,(H,12,13)(H,14,15). The monoisotopic (exact) mass is 211 g/mol. The molecular formula is C11H17NO3. The third-order valence-electron chi connectivity index (χ3n) is 2.79. The molecule has 1 aliphatic rings. The molecule has 1 rings (SSSR count). The minimum atomic E-state index is -0.827. The van der Waals surface area contributed by atoms with Gasteiger partial charge in [0.25, 0.3) is 0 Å². The highest BCUT2D eigenvalue weighted by molar-refractivity contribution is 5.79. The zero-order chi connectivity index (χ0) is 11.4. The second-order valence-corrected chi connectivity index (χ2v) is 3.99. The van der Waals surface area contributed by atoms with Crippen LogP contribution < -0.4 is 5.32 Å². The van der Waals surface area contributed by atoms with E-state index in [2.05, 4.69) is 5.32 Å². The van der Waals surface area contributed by atoms with Crippen molar-refractivity contribution < 1.29 is 14.7 Å². The molecule has 0 heterocycles. The Labute approximate surface area is 89.4 Å². The summed E-state index contributed by atoms with van der Waals surface area (Å²) in [5, 5.41) is 11.6. The molecule has 0 radical (unpaired) electrons. The molecule has 0 aliphatic heterocycles. The third-order valence-corrected chi connectivity index (χ3v) is 2.79. The van der Waals surface area contributed by atoms with Gasteiger partial charge in [-0.25, -0.2) is 0 Å². The molecule has 1 amide bonds. The molecule has 0 aromatic heterocycles. The molecule has 4 heteroatoms. The number of nitrogens with one attached hydrogen (secondary N) is 1. The number of hydrogen-bond acceptors (Lipinski definition) is 2. The Kier molecular flexibility index (Phi) is 3.88. The highest BCUT2D eigenvalue weighted by Crippen LogP contribution is 2.18. The van der Waals surface area contributed by atoms with Gasteiger partial charge in [-0.05, 0) is 12.8 Å². The van der Waals surface area contributed by atoms with Crippen molar-refractivity contribution in [3.05, 3.63) is 12.2 Å². The minimum Gasteiger partial charge on any atom is -0.481 e. The number of carboxylic acids is 1. The van der Waals surface area contributed by atoms with E-state index in [9.17, 15) is 9.59 Å². The maximum absolute atomic E-state index is 11.5. The Morgan fingerprint density at radius 2 is 2.20 bits per heavy atom. The Balaban J connectivity index is 2.40. The molecule has 0 aromatic rings. The average Bonchev–Trinajstić information content (AvgIpc) is 2.65. The van der Waals surface area contributed by atoms with Crippen molar-refractivity contribution in [3.63, 3.8) is 0 Å². The fourth-order valence-electron chi connectivity index (χ4n) is 1.50. The summed E-state index contributed by atoms with van der Waals surface area (Å²) in [6, 6.07) is -0.118. The van der Waals surface area contributed by atoms with Gasteiger partial charge < -0.3 is 10.4 Å². The molecule has 0 aromatic carbocycles. The smallest absolute Gasteiger partial charge is 0.310 e. The van der Waals surface area contributed by atoms with Crippen LogP contribution in [0.2, 0.25) is 0 Å². The SMILES string of the molecule is CCC(C)C(=O)NC1C=CC(C(=O)O)C1. The van der Waals surface area contributed by atoms with Crippen LogP contribution >= 0.6 is 0 Å². The van der Waals surface area contributed by atoms with Crippen molar-refractivity contribution in [3.8, 4) is 0 Å². The van der Waals surface area contributed by atoms with Gasteiger partial charge in [-0.2, -0.15) is 0 Å². The summed E-state index contributed by atoms with van der Waals surface area (Å²) in [6.07, 6.45) is 4.67. The summed E-state index contributed by atoms with van der Waals surface area (Å²) in [7, 11) is 0. The maximum Gasteiger partial charge on any atom is 0.310 e. The van der Waals surface area contributed by atoms with Crippen LogP contribution in [0.4, 0.5) is 0 Å². The first-order valence-corrected chi connectivity index (χ1v) is 5.26. The molecule has 84 valence electrons. The number of hydrogen-bond donors (Lipinski definition) is 2. The van der Waals surface area contributed by atoms with E-state index in [-0.39, 0.29) is 17.9 Å². The van der Waals surface area contributed by atoms with Crippen molar-refractivity contribution in [2.45, 2.75) is 32.7 Å². The first-order valence-electron chi connectivity index (χ1n) is 5.26. The van der Waals surface area contributed by atoms with Crippen molar-refractivity contribution in [2.75, 3.05) is 0 Å². The lowest BCUT2D eigenvalue weighted by molar-refractivity contribution is -0.140. The van der Waals surface area contributed by atoms with Crippen LogP contribution in [0.25, 0.3) is 0 Å². The van der Waals surface area contributed by atoms with Crippen molar-refractivity contribution in [1.29, 1.82) is 0 Å². The highest BCUT2D eigenvalue weighted by atomic mass is 16.4. The van der Waals surface area contributed by atoms with E-state index in [1.807, 2.05) is 13.8 Å². The number of carbonyl (C=O) groups is 2. The van der Waals surface area contributed by atoms with Crippen molar-refractivity contribution >= 4 is 11.9 Å². The minimum absolute atomic E-state index is 0.00168. The van der Waals surface area contributed by atoms with E-state index >= 15 is 0 Å². The summed E-state index contributed by atoms with van der Waals surface area (Å²) in [6.45, 7) is 3.82. The molecule has 3 atom stereocenters. The summed E-state index contributed by atoms with van der Waals surface area (Å²) in [4.78, 5) is 22.2. The molecule has 4 nitrogen and oxygen atoms in total. The van der Waals surface area contributed by atoms with Crippen LogP contribution in [0.1, 0.15) is 26.7 Å². The predicted octanol–water partition coefficient (Wildman–Crippen LogP) is 1.18. The van der Waals surface area contributed by atoms with E-state index in [0.29, 0.717) is 6.42 Å². The molecule has 0 spiro atoms. The van der Waals surface area contributed by atoms with Gasteiger partial charge in [0.05, 0.1) is 5.92 Å². The summed E-state index contributed by atoms with van der Waals surface area (Å²) < 4.78 is 0. The number of aliphatic carboxylic acids is 1. The topological polar surface area (TPSA) is 66.4 Å². The maximum atomic E-state index is 11.5. The Bertz CT molecular complexity index is 286. The van der Waals surface area contributed by atoms with E-state index in [4.69, 9.17) is 5.11 Å². The summed E-state index contributed by atoms with van der Waals surface area (Å²) in [5.74, 6) is -1.29. The van der Waals surface area contributed by atoms with Gasteiger partial charge in [0.15, 0.2) is 0 Å². The number of amides is 1. The Morgan fingerprint density at radius 1 is 1.53 bits per heavy atom. The molecule has 3 unspecified atom stereocenters. The van der Waals surface area contributed by atoms with E-state index < -0.39 is 11.9 Å². The highest BCUT2D eigenvalue weighted by Gasteiger charge is 2.26. The van der Waals surface area contributed by atoms with Crippen molar-refractivity contribution in [1.82, 2.24) is 5.32 Å². The fraction of sp³-hybridized carbons (Fsp3) is 0.636. The molecule has 0 saturated carbocycles. The lowest BCUT2D eigenvalue weighted by Crippen LogP contribution is -2.36. The van der Waals surface area contributed by atoms with Crippen molar-refractivity contribution in [2.24, 2.45) is 11.8 Å². The van der Waals surface area contributed by atoms with Gasteiger partial charge in [0.2, 0.25) is 5.91 Å². The average molecular weight is 211 g/mol. The normalized spacial score (nSPS) is 26.3. The van der Waals surface area contributed by atoms with Crippen LogP contribution in [0.15, 0.2) is 12.2 Å². The van der Waals surface area contributed by atoms with Gasteiger partial charge in [-0.3, -0.25) is 9.59 Å². The summed E-state index contributed by atoms with van der Waals surface area (Å²) >= 11 is 0. The Morgan fingerprint density at radius 3 is 2.67 bits per heavy atom. The largest absolute Gasteiger partial charge is 0.481 e. The van der Waals surface area contributed by atoms with Gasteiger partial charge in [-0.1, -0.05) is 26.0 Å². The van der Waals surface area contributed by atoms with Crippen LogP contribution in [-0.2, 0) is 9.59 Å². The summed E-state index contributed by atoms with van der Waals surface area (Å²) in [5.41, 5.74) is 0. The number of carboxylic acid groups (broad SMARTS) is 1. The van der Waals surface area contributed by atoms with Crippen LogP contribution in [0, 0.1) is 11.8 Å². The fourth-order valence-corrected chi connectivity index (χ4v) is 1.50. The van der Waals surface area contributed by atoms with Gasteiger partial charge in [0, 0.05) is 12.0 Å². The predicted molar refractivity (Wildman–Crippen MR) is 56.3 cm³/mol. The molecular weight excluding hydrogens is 194 g/mol. The Hall–Kier alpha value is -1.32. The van der Waals surface area contributed by atoms with E-state index in [0.717, 1.165) is 6.42 Å². The second kappa shape index (κ2) is 4.96. The number of carbonyl (C=O) groups excluding carboxylic acids is 1. The molecule has 0 fully saturated rings. The molecule has 15 heavy (non-hydrogen) atoms. The number of rotatable bonds is 4.